The summed E-state index contributed by atoms with van der Waals surface area (Å²) in [5, 5.41) is 1.88. The summed E-state index contributed by atoms with van der Waals surface area (Å²) in [6, 6.07) is 16.3. The average Bonchev–Trinajstić information content (AvgIpc) is 3.12. The molecule has 0 aliphatic heterocycles. The molecule has 0 amide bonds. The molecular formula is C24H19ClO5. The molecule has 0 N–H and O–H groups in total. The van der Waals surface area contributed by atoms with Gasteiger partial charge in [-0.1, -0.05) is 41.9 Å². The highest BCUT2D eigenvalue weighted by Gasteiger charge is 2.23. The molecule has 0 atom stereocenters. The van der Waals surface area contributed by atoms with Crippen molar-refractivity contribution in [3.05, 3.63) is 70.7 Å². The summed E-state index contributed by atoms with van der Waals surface area (Å²) in [4.78, 5) is 25.2. The van der Waals surface area contributed by atoms with Crippen LogP contribution in [-0.4, -0.2) is 25.2 Å². The van der Waals surface area contributed by atoms with Crippen molar-refractivity contribution in [2.45, 2.75) is 13.8 Å². The number of furan rings is 1. The molecule has 0 saturated carbocycles. The Morgan fingerprint density at radius 3 is 2.23 bits per heavy atom. The molecule has 6 heteroatoms. The third kappa shape index (κ3) is 3.42. The van der Waals surface area contributed by atoms with E-state index in [1.54, 1.807) is 19.9 Å². The van der Waals surface area contributed by atoms with E-state index in [9.17, 15) is 9.59 Å². The molecule has 0 aliphatic rings. The van der Waals surface area contributed by atoms with Gasteiger partial charge in [-0.2, -0.15) is 0 Å². The minimum Gasteiger partial charge on any atom is -0.462 e. The van der Waals surface area contributed by atoms with Crippen molar-refractivity contribution in [3.8, 4) is 11.1 Å². The second-order valence-corrected chi connectivity index (χ2v) is 7.00. The summed E-state index contributed by atoms with van der Waals surface area (Å²) in [6.45, 7) is 3.88. The van der Waals surface area contributed by atoms with Gasteiger partial charge in [-0.15, -0.1) is 0 Å². The fraction of sp³-hybridized carbons (Fsp3) is 0.167. The molecule has 0 aliphatic carbocycles. The van der Waals surface area contributed by atoms with Crippen molar-refractivity contribution >= 4 is 45.5 Å². The third-order valence-electron chi connectivity index (χ3n) is 4.79. The van der Waals surface area contributed by atoms with E-state index in [4.69, 9.17) is 25.5 Å². The molecule has 5 nitrogen and oxygen atoms in total. The first-order valence-electron chi connectivity index (χ1n) is 9.63. The fourth-order valence-corrected chi connectivity index (χ4v) is 3.78. The maximum Gasteiger partial charge on any atom is 0.339 e. The van der Waals surface area contributed by atoms with Gasteiger partial charge < -0.3 is 13.9 Å². The van der Waals surface area contributed by atoms with Crippen LogP contribution in [0.25, 0.3) is 33.1 Å². The molecule has 0 fully saturated rings. The Bertz CT molecular complexity index is 1270. The number of rotatable bonds is 5. The number of halogens is 1. The van der Waals surface area contributed by atoms with Gasteiger partial charge in [0.1, 0.15) is 11.2 Å². The van der Waals surface area contributed by atoms with Crippen molar-refractivity contribution in [1.82, 2.24) is 0 Å². The maximum absolute atomic E-state index is 12.7. The van der Waals surface area contributed by atoms with Crippen molar-refractivity contribution < 1.29 is 23.5 Å². The summed E-state index contributed by atoms with van der Waals surface area (Å²) in [7, 11) is 0. The predicted molar refractivity (Wildman–Crippen MR) is 116 cm³/mol. The zero-order valence-electron chi connectivity index (χ0n) is 16.5. The van der Waals surface area contributed by atoms with Crippen molar-refractivity contribution in [1.29, 1.82) is 0 Å². The Labute approximate surface area is 178 Å². The lowest BCUT2D eigenvalue weighted by Crippen LogP contribution is -2.10. The van der Waals surface area contributed by atoms with Gasteiger partial charge in [-0.25, -0.2) is 9.59 Å². The zero-order chi connectivity index (χ0) is 21.3. The van der Waals surface area contributed by atoms with Crippen LogP contribution >= 0.6 is 11.6 Å². The van der Waals surface area contributed by atoms with Gasteiger partial charge in [0.05, 0.1) is 29.4 Å². The summed E-state index contributed by atoms with van der Waals surface area (Å²) >= 11 is 6.33. The largest absolute Gasteiger partial charge is 0.462 e. The molecule has 0 bridgehead atoms. The molecule has 1 heterocycles. The lowest BCUT2D eigenvalue weighted by atomic mass is 9.93. The minimum atomic E-state index is -0.552. The number of para-hydroxylation sites is 1. The van der Waals surface area contributed by atoms with Gasteiger partial charge in [0, 0.05) is 10.8 Å². The Morgan fingerprint density at radius 2 is 1.50 bits per heavy atom. The number of ether oxygens (including phenoxy) is 2. The Hall–Kier alpha value is -3.31. The molecule has 0 spiro atoms. The Balaban J connectivity index is 2.04. The number of esters is 2. The summed E-state index contributed by atoms with van der Waals surface area (Å²) in [5.41, 5.74) is 3.13. The monoisotopic (exact) mass is 422 g/mol. The molecule has 0 unspecified atom stereocenters. The van der Waals surface area contributed by atoms with E-state index in [-0.39, 0.29) is 29.4 Å². The molecular weight excluding hydrogens is 404 g/mol. The van der Waals surface area contributed by atoms with E-state index in [1.807, 2.05) is 42.5 Å². The van der Waals surface area contributed by atoms with Crippen molar-refractivity contribution in [2.24, 2.45) is 0 Å². The highest BCUT2D eigenvalue weighted by atomic mass is 35.5. The third-order valence-corrected chi connectivity index (χ3v) is 5.10. The van der Waals surface area contributed by atoms with Crippen LogP contribution in [0.5, 0.6) is 0 Å². The second kappa shape index (κ2) is 8.20. The molecule has 30 heavy (non-hydrogen) atoms. The van der Waals surface area contributed by atoms with E-state index in [0.29, 0.717) is 11.1 Å². The highest BCUT2D eigenvalue weighted by molar-refractivity contribution is 6.34. The van der Waals surface area contributed by atoms with Crippen LogP contribution < -0.4 is 0 Å². The van der Waals surface area contributed by atoms with Gasteiger partial charge >= 0.3 is 11.9 Å². The SMILES string of the molecule is CCOC(=O)c1cc(-c2cccc3oc4ccccc4c23)c(C(=O)OCC)cc1Cl. The lowest BCUT2D eigenvalue weighted by Gasteiger charge is -2.14. The van der Waals surface area contributed by atoms with Crippen LogP contribution in [0.2, 0.25) is 5.02 Å². The lowest BCUT2D eigenvalue weighted by molar-refractivity contribution is 0.0512. The first-order chi connectivity index (χ1) is 14.5. The molecule has 4 rings (SSSR count). The number of carbonyl (C=O) groups is 2. The van der Waals surface area contributed by atoms with Crippen LogP contribution in [0.3, 0.4) is 0 Å². The van der Waals surface area contributed by atoms with Crippen LogP contribution in [0.1, 0.15) is 34.6 Å². The van der Waals surface area contributed by atoms with E-state index in [1.165, 1.54) is 6.07 Å². The fourth-order valence-electron chi connectivity index (χ4n) is 3.54. The van der Waals surface area contributed by atoms with Crippen molar-refractivity contribution in [3.63, 3.8) is 0 Å². The molecule has 0 radical (unpaired) electrons. The Morgan fingerprint density at radius 1 is 0.833 bits per heavy atom. The minimum absolute atomic E-state index is 0.129. The standard InChI is InChI=1S/C24H19ClO5/c1-3-28-23(26)17-13-19(25)18(24(27)29-4-2)12-16(17)14-9-7-11-21-22(14)15-8-5-6-10-20(15)30-21/h5-13H,3-4H2,1-2H3. The summed E-state index contributed by atoms with van der Waals surface area (Å²) < 4.78 is 16.3. The zero-order valence-corrected chi connectivity index (χ0v) is 17.3. The molecule has 1 aromatic heterocycles. The smallest absolute Gasteiger partial charge is 0.339 e. The normalized spacial score (nSPS) is 11.0. The van der Waals surface area contributed by atoms with Gasteiger partial charge in [-0.05, 0) is 49.2 Å². The first kappa shape index (κ1) is 20.0. The van der Waals surface area contributed by atoms with Crippen molar-refractivity contribution in [2.75, 3.05) is 13.2 Å². The average molecular weight is 423 g/mol. The number of fused-ring (bicyclic) bond motifs is 3. The molecule has 0 saturated heterocycles. The van der Waals surface area contributed by atoms with Gasteiger partial charge in [0.25, 0.3) is 0 Å². The second-order valence-electron chi connectivity index (χ2n) is 6.60. The van der Waals surface area contributed by atoms with Gasteiger partial charge in [0.2, 0.25) is 0 Å². The maximum atomic E-state index is 12.7. The quantitative estimate of drug-likeness (QED) is 0.355. The first-order valence-corrected chi connectivity index (χ1v) is 10.0. The highest BCUT2D eigenvalue weighted by Crippen LogP contribution is 2.39. The summed E-state index contributed by atoms with van der Waals surface area (Å²) in [5.74, 6) is -1.07. The topological polar surface area (TPSA) is 65.7 Å². The Kier molecular flexibility index (Phi) is 5.46. The number of carbonyl (C=O) groups excluding carboxylic acids is 2. The van der Waals surface area contributed by atoms with Crippen LogP contribution in [0, 0.1) is 0 Å². The van der Waals surface area contributed by atoms with E-state index in [0.717, 1.165) is 21.9 Å². The van der Waals surface area contributed by atoms with Gasteiger partial charge in [-0.3, -0.25) is 0 Å². The van der Waals surface area contributed by atoms with Crippen LogP contribution in [-0.2, 0) is 9.47 Å². The van der Waals surface area contributed by atoms with E-state index < -0.39 is 11.9 Å². The van der Waals surface area contributed by atoms with Crippen LogP contribution in [0.4, 0.5) is 0 Å². The van der Waals surface area contributed by atoms with E-state index >= 15 is 0 Å². The number of hydrogen-bond donors (Lipinski definition) is 0. The summed E-state index contributed by atoms with van der Waals surface area (Å²) in [6.07, 6.45) is 0. The molecule has 152 valence electrons. The number of hydrogen-bond acceptors (Lipinski definition) is 5. The molecule has 3 aromatic carbocycles. The van der Waals surface area contributed by atoms with Gasteiger partial charge in [0.15, 0.2) is 0 Å². The van der Waals surface area contributed by atoms with Crippen LogP contribution in [0.15, 0.2) is 59.0 Å². The predicted octanol–water partition coefficient (Wildman–Crippen LogP) is 6.26. The number of benzene rings is 3. The van der Waals surface area contributed by atoms with E-state index in [2.05, 4.69) is 0 Å². The molecule has 4 aromatic rings.